The second-order valence-electron chi connectivity index (χ2n) is 8.19. The number of nitrogens with zero attached hydrogens (tertiary/aromatic N) is 2. The van der Waals surface area contributed by atoms with E-state index in [1.54, 1.807) is 6.26 Å². The lowest BCUT2D eigenvalue weighted by Crippen LogP contribution is -2.48. The first-order valence-electron chi connectivity index (χ1n) is 10.7. The van der Waals surface area contributed by atoms with Gasteiger partial charge in [-0.05, 0) is 49.2 Å². The number of piperazine rings is 1. The number of hydrogen-bond donors (Lipinski definition) is 1. The average Bonchev–Trinajstić information content (AvgIpc) is 3.28. The van der Waals surface area contributed by atoms with Crippen LogP contribution in [0.5, 0.6) is 0 Å². The van der Waals surface area contributed by atoms with Gasteiger partial charge in [-0.1, -0.05) is 19.3 Å². The van der Waals surface area contributed by atoms with Crippen LogP contribution in [0.4, 0.5) is 0 Å². The molecule has 0 amide bonds. The van der Waals surface area contributed by atoms with Crippen molar-refractivity contribution in [1.29, 1.82) is 0 Å². The van der Waals surface area contributed by atoms with Crippen molar-refractivity contribution in [2.24, 2.45) is 0 Å². The van der Waals surface area contributed by atoms with Crippen LogP contribution in [0.2, 0.25) is 0 Å². The minimum Gasteiger partial charge on any atom is -0.468 e. The molecule has 0 radical (unpaired) electrons. The van der Waals surface area contributed by atoms with E-state index in [9.17, 15) is 16.8 Å². The lowest BCUT2D eigenvalue weighted by Gasteiger charge is -2.33. The topological polar surface area (TPSA) is 99.9 Å². The first kappa shape index (κ1) is 22.5. The fourth-order valence-electron chi connectivity index (χ4n) is 4.20. The third-order valence-corrected chi connectivity index (χ3v) is 9.44. The van der Waals surface area contributed by atoms with Gasteiger partial charge in [-0.15, -0.1) is 0 Å². The molecule has 10 heteroatoms. The molecule has 1 saturated carbocycles. The fraction of sp³-hybridized carbons (Fsp3) is 0.524. The molecule has 2 aromatic rings. The number of rotatable bonds is 7. The zero-order valence-electron chi connectivity index (χ0n) is 17.4. The molecule has 1 saturated heterocycles. The van der Waals surface area contributed by atoms with Gasteiger partial charge in [0.15, 0.2) is 0 Å². The lowest BCUT2D eigenvalue weighted by atomic mass is 9.96. The Kier molecular flexibility index (Phi) is 6.83. The Morgan fingerprint density at radius 3 is 2.13 bits per heavy atom. The van der Waals surface area contributed by atoms with E-state index in [0.717, 1.165) is 37.9 Å². The molecule has 170 valence electrons. The number of benzene rings is 1. The summed E-state index contributed by atoms with van der Waals surface area (Å²) in [6, 6.07) is 9.24. The molecule has 8 nitrogen and oxygen atoms in total. The normalized spacial score (nSPS) is 20.1. The molecule has 1 aliphatic heterocycles. The molecule has 1 aromatic carbocycles. The maximum Gasteiger partial charge on any atom is 0.243 e. The van der Waals surface area contributed by atoms with Crippen LogP contribution >= 0.6 is 0 Å². The van der Waals surface area contributed by atoms with Gasteiger partial charge in [-0.2, -0.15) is 4.31 Å². The molecule has 2 heterocycles. The van der Waals surface area contributed by atoms with Crippen molar-refractivity contribution in [3.8, 4) is 0 Å². The van der Waals surface area contributed by atoms with Crippen LogP contribution < -0.4 is 4.72 Å². The van der Waals surface area contributed by atoms with Gasteiger partial charge < -0.3 is 4.42 Å². The number of furan rings is 1. The predicted octanol–water partition coefficient (Wildman–Crippen LogP) is 2.40. The lowest BCUT2D eigenvalue weighted by molar-refractivity contribution is 0.171. The molecule has 0 atom stereocenters. The molecular weight excluding hydrogens is 438 g/mol. The number of nitrogens with one attached hydrogen (secondary N) is 1. The summed E-state index contributed by atoms with van der Waals surface area (Å²) in [5.74, 6) is 0.856. The van der Waals surface area contributed by atoms with E-state index < -0.39 is 20.0 Å². The SMILES string of the molecule is O=S(=O)(NC1CCCCC1)c1ccc(S(=O)(=O)N2CCN(Cc3ccco3)CC2)cc1. The molecule has 1 N–H and O–H groups in total. The molecule has 2 fully saturated rings. The van der Waals surface area contributed by atoms with E-state index in [1.165, 1.54) is 28.6 Å². The number of hydrogen-bond acceptors (Lipinski definition) is 6. The van der Waals surface area contributed by atoms with Crippen LogP contribution in [0.3, 0.4) is 0 Å². The van der Waals surface area contributed by atoms with Gasteiger partial charge in [0.25, 0.3) is 0 Å². The van der Waals surface area contributed by atoms with E-state index >= 15 is 0 Å². The first-order chi connectivity index (χ1) is 14.8. The molecular formula is C21H29N3O5S2. The van der Waals surface area contributed by atoms with Gasteiger partial charge in [0.05, 0.1) is 22.6 Å². The Bertz CT molecular complexity index is 1050. The quantitative estimate of drug-likeness (QED) is 0.671. The Hall–Kier alpha value is -1.72. The van der Waals surface area contributed by atoms with Crippen molar-refractivity contribution in [3.63, 3.8) is 0 Å². The molecule has 1 aliphatic carbocycles. The van der Waals surface area contributed by atoms with Crippen molar-refractivity contribution in [2.45, 2.75) is 54.5 Å². The van der Waals surface area contributed by atoms with Crippen molar-refractivity contribution in [1.82, 2.24) is 13.9 Å². The second kappa shape index (κ2) is 9.41. The highest BCUT2D eigenvalue weighted by molar-refractivity contribution is 7.89. The molecule has 0 spiro atoms. The summed E-state index contributed by atoms with van der Waals surface area (Å²) >= 11 is 0. The van der Waals surface area contributed by atoms with Crippen molar-refractivity contribution >= 4 is 20.0 Å². The van der Waals surface area contributed by atoms with Crippen molar-refractivity contribution in [3.05, 3.63) is 48.4 Å². The fourth-order valence-corrected chi connectivity index (χ4v) is 6.93. The van der Waals surface area contributed by atoms with Gasteiger partial charge in [0.1, 0.15) is 5.76 Å². The summed E-state index contributed by atoms with van der Waals surface area (Å²) in [4.78, 5) is 2.36. The number of sulfonamides is 2. The minimum absolute atomic E-state index is 0.0420. The standard InChI is InChI=1S/C21H29N3O5S2/c25-30(26,22-18-5-2-1-3-6-18)20-8-10-21(11-9-20)31(27,28)24-14-12-23(13-15-24)17-19-7-4-16-29-19/h4,7-11,16,18,22H,1-3,5-6,12-15,17H2. The summed E-state index contributed by atoms with van der Waals surface area (Å²) < 4.78 is 60.9. The second-order valence-corrected chi connectivity index (χ2v) is 11.8. The van der Waals surface area contributed by atoms with Crippen LogP contribution in [0.25, 0.3) is 0 Å². The van der Waals surface area contributed by atoms with Gasteiger partial charge in [0, 0.05) is 32.2 Å². The summed E-state index contributed by atoms with van der Waals surface area (Å²) in [6.07, 6.45) is 6.51. The highest BCUT2D eigenvalue weighted by Gasteiger charge is 2.29. The van der Waals surface area contributed by atoms with Crippen LogP contribution in [0.15, 0.2) is 56.9 Å². The first-order valence-corrected chi connectivity index (χ1v) is 13.6. The smallest absolute Gasteiger partial charge is 0.243 e. The Balaban J connectivity index is 1.38. The van der Waals surface area contributed by atoms with E-state index in [-0.39, 0.29) is 15.8 Å². The third-order valence-electron chi connectivity index (χ3n) is 5.99. The van der Waals surface area contributed by atoms with Crippen LogP contribution in [0.1, 0.15) is 37.9 Å². The highest BCUT2D eigenvalue weighted by atomic mass is 32.2. The summed E-state index contributed by atoms with van der Waals surface area (Å²) in [7, 11) is -7.32. The zero-order valence-corrected chi connectivity index (χ0v) is 19.1. The summed E-state index contributed by atoms with van der Waals surface area (Å²) in [5.41, 5.74) is 0. The third kappa shape index (κ3) is 5.38. The molecule has 31 heavy (non-hydrogen) atoms. The Morgan fingerprint density at radius 2 is 1.52 bits per heavy atom. The zero-order chi connectivity index (χ0) is 21.9. The molecule has 0 unspecified atom stereocenters. The van der Waals surface area contributed by atoms with Crippen molar-refractivity contribution in [2.75, 3.05) is 26.2 Å². The van der Waals surface area contributed by atoms with Gasteiger partial charge in [0.2, 0.25) is 20.0 Å². The van der Waals surface area contributed by atoms with E-state index in [0.29, 0.717) is 32.7 Å². The average molecular weight is 468 g/mol. The minimum atomic E-state index is -3.67. The Labute approximate surface area is 184 Å². The molecule has 0 bridgehead atoms. The monoisotopic (exact) mass is 467 g/mol. The summed E-state index contributed by atoms with van der Waals surface area (Å²) in [6.45, 7) is 2.63. The summed E-state index contributed by atoms with van der Waals surface area (Å²) in [5, 5.41) is 0. The predicted molar refractivity (Wildman–Crippen MR) is 116 cm³/mol. The van der Waals surface area contributed by atoms with Gasteiger partial charge in [-0.25, -0.2) is 21.6 Å². The van der Waals surface area contributed by atoms with Crippen LogP contribution in [-0.4, -0.2) is 58.3 Å². The molecule has 4 rings (SSSR count). The van der Waals surface area contributed by atoms with Gasteiger partial charge in [-0.3, -0.25) is 4.90 Å². The Morgan fingerprint density at radius 1 is 0.871 bits per heavy atom. The van der Waals surface area contributed by atoms with E-state index in [4.69, 9.17) is 4.42 Å². The van der Waals surface area contributed by atoms with Crippen molar-refractivity contribution < 1.29 is 21.3 Å². The largest absolute Gasteiger partial charge is 0.468 e. The van der Waals surface area contributed by atoms with Crippen LogP contribution in [-0.2, 0) is 26.6 Å². The maximum atomic E-state index is 13.0. The molecule has 1 aromatic heterocycles. The molecule has 2 aliphatic rings. The maximum absolute atomic E-state index is 13.0. The highest BCUT2D eigenvalue weighted by Crippen LogP contribution is 2.23. The van der Waals surface area contributed by atoms with Gasteiger partial charge >= 0.3 is 0 Å². The van der Waals surface area contributed by atoms with Crippen LogP contribution in [0, 0.1) is 0 Å². The van der Waals surface area contributed by atoms with E-state index in [1.807, 2.05) is 12.1 Å². The van der Waals surface area contributed by atoms with E-state index in [2.05, 4.69) is 9.62 Å².